The van der Waals surface area contributed by atoms with Crippen LogP contribution < -0.4 is 14.2 Å². The topological polar surface area (TPSA) is 90.5 Å². The van der Waals surface area contributed by atoms with Crippen molar-refractivity contribution in [3.8, 4) is 17.2 Å². The highest BCUT2D eigenvalue weighted by molar-refractivity contribution is 6.06. The molecule has 0 amide bonds. The predicted molar refractivity (Wildman–Crippen MR) is 125 cm³/mol. The third-order valence-electron chi connectivity index (χ3n) is 5.49. The molecule has 1 heterocycles. The quantitative estimate of drug-likeness (QED) is 0.372. The van der Waals surface area contributed by atoms with E-state index in [1.54, 1.807) is 36.4 Å². The number of hydrogen-bond donors (Lipinski definition) is 1. The summed E-state index contributed by atoms with van der Waals surface area (Å²) < 4.78 is 16.2. The molecule has 3 aromatic carbocycles. The third kappa shape index (κ3) is 4.43. The normalized spacial score (nSPS) is 11.7. The second-order valence-corrected chi connectivity index (χ2v) is 7.46. The van der Waals surface area contributed by atoms with Gasteiger partial charge in [-0.2, -0.15) is 0 Å². The van der Waals surface area contributed by atoms with Crippen LogP contribution in [0.3, 0.4) is 0 Å². The summed E-state index contributed by atoms with van der Waals surface area (Å²) in [6.45, 7) is 0. The summed E-state index contributed by atoms with van der Waals surface area (Å²) in [7, 11) is 4.47. The van der Waals surface area contributed by atoms with Crippen molar-refractivity contribution in [1.82, 2.24) is 9.97 Å². The van der Waals surface area contributed by atoms with E-state index in [1.807, 2.05) is 30.3 Å². The minimum absolute atomic E-state index is 0.0423. The minimum Gasteiger partial charge on any atom is -0.493 e. The van der Waals surface area contributed by atoms with Crippen LogP contribution in [0.4, 0.5) is 0 Å². The molecule has 0 aliphatic rings. The van der Waals surface area contributed by atoms with Gasteiger partial charge in [0.2, 0.25) is 5.75 Å². The zero-order valence-corrected chi connectivity index (χ0v) is 18.6. The summed E-state index contributed by atoms with van der Waals surface area (Å²) in [5.74, 6) is 0.277. The van der Waals surface area contributed by atoms with Gasteiger partial charge in [0.25, 0.3) is 0 Å². The molecule has 0 aliphatic heterocycles. The summed E-state index contributed by atoms with van der Waals surface area (Å²) in [6, 6.07) is 19.6. The third-order valence-corrected chi connectivity index (χ3v) is 5.49. The van der Waals surface area contributed by atoms with Crippen LogP contribution >= 0.6 is 0 Å². The van der Waals surface area contributed by atoms with Crippen molar-refractivity contribution in [3.05, 3.63) is 83.7 Å². The molecule has 4 aromatic rings. The molecule has 0 fully saturated rings. The Morgan fingerprint density at radius 2 is 1.48 bits per heavy atom. The van der Waals surface area contributed by atoms with Crippen LogP contribution in [-0.2, 0) is 0 Å². The molecular weight excluding hydrogens is 420 g/mol. The van der Waals surface area contributed by atoms with Gasteiger partial charge in [-0.15, -0.1) is 0 Å². The number of para-hydroxylation sites is 2. The van der Waals surface area contributed by atoms with Gasteiger partial charge in [-0.1, -0.05) is 42.5 Å². The zero-order chi connectivity index (χ0) is 23.4. The average molecular weight is 444 g/mol. The Hall–Kier alpha value is -4.13. The Kier molecular flexibility index (Phi) is 6.40. The standard InChI is InChI=1S/C26H24N2O5/c1-31-22-13-17(14-23(32-2)25(22)33-3)24(30)18(15-21(29)16-9-5-4-6-10-16)26-27-19-11-7-8-12-20(19)28-26/h4-14,18H,15H2,1-3H3,(H,27,28). The Morgan fingerprint density at radius 3 is 2.09 bits per heavy atom. The molecule has 7 nitrogen and oxygen atoms in total. The first kappa shape index (κ1) is 22.1. The number of ketones is 2. The second kappa shape index (κ2) is 9.56. The molecular formula is C26H24N2O5. The maximum Gasteiger partial charge on any atom is 0.203 e. The number of nitrogens with one attached hydrogen (secondary N) is 1. The molecule has 0 aliphatic carbocycles. The van der Waals surface area contributed by atoms with Crippen LogP contribution in [0.15, 0.2) is 66.7 Å². The van der Waals surface area contributed by atoms with Crippen molar-refractivity contribution < 1.29 is 23.8 Å². The van der Waals surface area contributed by atoms with Gasteiger partial charge in [-0.25, -0.2) is 4.98 Å². The van der Waals surface area contributed by atoms with Gasteiger partial charge in [0.1, 0.15) is 5.82 Å². The Morgan fingerprint density at radius 1 is 0.848 bits per heavy atom. The number of carbonyl (C=O) groups is 2. The van der Waals surface area contributed by atoms with Crippen molar-refractivity contribution in [3.63, 3.8) is 0 Å². The maximum atomic E-state index is 13.8. The van der Waals surface area contributed by atoms with E-state index in [9.17, 15) is 9.59 Å². The first-order chi connectivity index (χ1) is 16.0. The van der Waals surface area contributed by atoms with Crippen molar-refractivity contribution in [2.24, 2.45) is 0 Å². The summed E-state index contributed by atoms with van der Waals surface area (Å²) in [6.07, 6.45) is -0.0423. The first-order valence-electron chi connectivity index (χ1n) is 10.4. The fourth-order valence-electron chi connectivity index (χ4n) is 3.80. The molecule has 168 valence electrons. The van der Waals surface area contributed by atoms with E-state index < -0.39 is 5.92 Å². The van der Waals surface area contributed by atoms with Crippen molar-refractivity contribution in [1.29, 1.82) is 0 Å². The van der Waals surface area contributed by atoms with Gasteiger partial charge in [-0.05, 0) is 24.3 Å². The van der Waals surface area contributed by atoms with E-state index in [1.165, 1.54) is 21.3 Å². The van der Waals surface area contributed by atoms with Crippen LogP contribution in [0.5, 0.6) is 17.2 Å². The smallest absolute Gasteiger partial charge is 0.203 e. The van der Waals surface area contributed by atoms with Gasteiger partial charge in [0.05, 0.1) is 38.3 Å². The molecule has 0 saturated heterocycles. The monoisotopic (exact) mass is 444 g/mol. The number of imidazole rings is 1. The Balaban J connectivity index is 1.78. The molecule has 1 atom stereocenters. The van der Waals surface area contributed by atoms with E-state index >= 15 is 0 Å². The van der Waals surface area contributed by atoms with Crippen LogP contribution in [-0.4, -0.2) is 42.9 Å². The minimum atomic E-state index is -0.826. The molecule has 1 aromatic heterocycles. The van der Waals surface area contributed by atoms with Crippen LogP contribution in [0.25, 0.3) is 11.0 Å². The number of benzene rings is 3. The lowest BCUT2D eigenvalue weighted by Gasteiger charge is -2.17. The largest absolute Gasteiger partial charge is 0.493 e. The van der Waals surface area contributed by atoms with E-state index in [4.69, 9.17) is 14.2 Å². The number of ether oxygens (including phenoxy) is 3. The lowest BCUT2D eigenvalue weighted by molar-refractivity contribution is 0.0889. The number of aromatic amines is 1. The maximum absolute atomic E-state index is 13.8. The van der Waals surface area contributed by atoms with E-state index in [0.29, 0.717) is 34.2 Å². The Bertz CT molecular complexity index is 1240. The summed E-state index contributed by atoms with van der Waals surface area (Å²) in [4.78, 5) is 34.6. The number of carbonyl (C=O) groups excluding carboxylic acids is 2. The fourth-order valence-corrected chi connectivity index (χ4v) is 3.80. The Labute approximate surface area is 191 Å². The van der Waals surface area contributed by atoms with Crippen molar-refractivity contribution in [2.75, 3.05) is 21.3 Å². The lowest BCUT2D eigenvalue weighted by atomic mass is 9.90. The summed E-state index contributed by atoms with van der Waals surface area (Å²) in [5, 5.41) is 0. The molecule has 33 heavy (non-hydrogen) atoms. The summed E-state index contributed by atoms with van der Waals surface area (Å²) in [5.41, 5.74) is 2.39. The first-order valence-corrected chi connectivity index (χ1v) is 10.4. The van der Waals surface area contributed by atoms with Crippen LogP contribution in [0.1, 0.15) is 38.9 Å². The number of hydrogen-bond acceptors (Lipinski definition) is 6. The summed E-state index contributed by atoms with van der Waals surface area (Å²) >= 11 is 0. The van der Waals surface area contributed by atoms with Gasteiger partial charge < -0.3 is 19.2 Å². The van der Waals surface area contributed by atoms with Gasteiger partial charge in [-0.3, -0.25) is 9.59 Å². The van der Waals surface area contributed by atoms with E-state index in [0.717, 1.165) is 11.0 Å². The fraction of sp³-hybridized carbons (Fsp3) is 0.192. The number of Topliss-reactive ketones (excluding diaryl/α,β-unsaturated/α-hetero) is 2. The number of methoxy groups -OCH3 is 3. The van der Waals surface area contributed by atoms with Gasteiger partial charge >= 0.3 is 0 Å². The molecule has 4 rings (SSSR count). The molecule has 7 heteroatoms. The van der Waals surface area contributed by atoms with E-state index in [2.05, 4.69) is 9.97 Å². The number of nitrogens with zero attached hydrogens (tertiary/aromatic N) is 1. The van der Waals surface area contributed by atoms with Crippen molar-refractivity contribution in [2.45, 2.75) is 12.3 Å². The zero-order valence-electron chi connectivity index (χ0n) is 18.6. The highest BCUT2D eigenvalue weighted by Crippen LogP contribution is 2.39. The number of aromatic nitrogens is 2. The second-order valence-electron chi connectivity index (χ2n) is 7.46. The van der Waals surface area contributed by atoms with E-state index in [-0.39, 0.29) is 18.0 Å². The molecule has 1 N–H and O–H groups in total. The van der Waals surface area contributed by atoms with Gasteiger partial charge in [0, 0.05) is 17.5 Å². The van der Waals surface area contributed by atoms with Crippen LogP contribution in [0, 0.1) is 0 Å². The highest BCUT2D eigenvalue weighted by atomic mass is 16.5. The molecule has 1 unspecified atom stereocenters. The predicted octanol–water partition coefficient (Wildman–Crippen LogP) is 4.83. The molecule has 0 radical (unpaired) electrons. The SMILES string of the molecule is COc1cc(C(=O)C(CC(=O)c2ccccc2)c2nc3ccccc3[nH]2)cc(OC)c1OC. The molecule has 0 spiro atoms. The molecule has 0 saturated carbocycles. The number of H-pyrrole nitrogens is 1. The average Bonchev–Trinajstić information content (AvgIpc) is 3.30. The number of rotatable bonds is 9. The molecule has 0 bridgehead atoms. The van der Waals surface area contributed by atoms with Crippen LogP contribution in [0.2, 0.25) is 0 Å². The van der Waals surface area contributed by atoms with Crippen molar-refractivity contribution >= 4 is 22.6 Å². The number of fused-ring (bicyclic) bond motifs is 1. The highest BCUT2D eigenvalue weighted by Gasteiger charge is 2.30. The lowest BCUT2D eigenvalue weighted by Crippen LogP contribution is -2.19. The van der Waals surface area contributed by atoms with Gasteiger partial charge in [0.15, 0.2) is 23.1 Å².